The van der Waals surface area contributed by atoms with Gasteiger partial charge < -0.3 is 10.2 Å². The van der Waals surface area contributed by atoms with Gasteiger partial charge in [0.05, 0.1) is 0 Å². The van der Waals surface area contributed by atoms with E-state index in [4.69, 9.17) is 0 Å². The number of likely N-dealkylation sites (tertiary alicyclic amines) is 1. The number of hydrogen-bond acceptors (Lipinski definition) is 2. The minimum atomic E-state index is 0.0939. The molecule has 0 aromatic heterocycles. The van der Waals surface area contributed by atoms with Crippen LogP contribution >= 0.6 is 0 Å². The van der Waals surface area contributed by atoms with Crippen molar-refractivity contribution in [3.63, 3.8) is 0 Å². The van der Waals surface area contributed by atoms with E-state index in [0.717, 1.165) is 32.0 Å². The monoisotopic (exact) mass is 184 g/mol. The van der Waals surface area contributed by atoms with Gasteiger partial charge in [0.25, 0.3) is 0 Å². The molecule has 1 atom stereocenters. The van der Waals surface area contributed by atoms with Crippen molar-refractivity contribution < 1.29 is 4.79 Å². The summed E-state index contributed by atoms with van der Waals surface area (Å²) in [6.07, 6.45) is 1.10. The Hall–Kier alpha value is -0.570. The highest BCUT2D eigenvalue weighted by Gasteiger charge is 2.22. The van der Waals surface area contributed by atoms with Gasteiger partial charge in [-0.2, -0.15) is 0 Å². The van der Waals surface area contributed by atoms with Crippen molar-refractivity contribution >= 4 is 5.91 Å². The van der Waals surface area contributed by atoms with Crippen LogP contribution in [0.3, 0.4) is 0 Å². The Kier molecular flexibility index (Phi) is 3.72. The first-order chi connectivity index (χ1) is 6.08. The minimum Gasteiger partial charge on any atom is -0.352 e. The zero-order valence-electron chi connectivity index (χ0n) is 8.84. The lowest BCUT2D eigenvalue weighted by atomic mass is 10.2. The molecular weight excluding hydrogens is 164 g/mol. The van der Waals surface area contributed by atoms with Crippen LogP contribution in [0.2, 0.25) is 0 Å². The fourth-order valence-corrected chi connectivity index (χ4v) is 1.92. The third kappa shape index (κ3) is 3.77. The Morgan fingerprint density at radius 2 is 2.31 bits per heavy atom. The maximum atomic E-state index is 10.8. The largest absolute Gasteiger partial charge is 0.352 e. The number of carbonyl (C=O) groups is 1. The standard InChI is InChI=1S/C10H20N2O/c1-8(2)6-12-5-4-10(7-12)11-9(3)13/h8,10H,4-7H2,1-3H3,(H,11,13)/t10-/m0/s1. The summed E-state index contributed by atoms with van der Waals surface area (Å²) >= 11 is 0. The molecule has 1 heterocycles. The van der Waals surface area contributed by atoms with Crippen molar-refractivity contribution in [1.29, 1.82) is 0 Å². The maximum absolute atomic E-state index is 10.8. The molecule has 1 aliphatic rings. The summed E-state index contributed by atoms with van der Waals surface area (Å²) in [5.41, 5.74) is 0. The first kappa shape index (κ1) is 10.5. The van der Waals surface area contributed by atoms with Gasteiger partial charge in [-0.05, 0) is 12.3 Å². The molecule has 0 saturated carbocycles. The molecule has 0 aromatic rings. The van der Waals surface area contributed by atoms with Crippen molar-refractivity contribution in [3.8, 4) is 0 Å². The van der Waals surface area contributed by atoms with E-state index in [1.165, 1.54) is 0 Å². The smallest absolute Gasteiger partial charge is 0.217 e. The van der Waals surface area contributed by atoms with E-state index in [2.05, 4.69) is 24.1 Å². The van der Waals surface area contributed by atoms with Gasteiger partial charge in [-0.3, -0.25) is 4.79 Å². The van der Waals surface area contributed by atoms with Gasteiger partial charge >= 0.3 is 0 Å². The van der Waals surface area contributed by atoms with Crippen LogP contribution in [0, 0.1) is 5.92 Å². The molecule has 1 amide bonds. The van der Waals surface area contributed by atoms with Crippen molar-refractivity contribution in [3.05, 3.63) is 0 Å². The average Bonchev–Trinajstić information content (AvgIpc) is 2.33. The summed E-state index contributed by atoms with van der Waals surface area (Å²) in [4.78, 5) is 13.2. The molecule has 1 saturated heterocycles. The molecule has 13 heavy (non-hydrogen) atoms. The number of amides is 1. The zero-order valence-corrected chi connectivity index (χ0v) is 8.84. The van der Waals surface area contributed by atoms with Crippen molar-refractivity contribution in [2.75, 3.05) is 19.6 Å². The van der Waals surface area contributed by atoms with E-state index in [9.17, 15) is 4.79 Å². The second-order valence-electron chi connectivity index (χ2n) is 4.34. The van der Waals surface area contributed by atoms with E-state index >= 15 is 0 Å². The number of carbonyl (C=O) groups excluding carboxylic acids is 1. The molecular formula is C10H20N2O. The van der Waals surface area contributed by atoms with Gasteiger partial charge in [0.1, 0.15) is 0 Å². The lowest BCUT2D eigenvalue weighted by molar-refractivity contribution is -0.119. The Balaban J connectivity index is 2.24. The van der Waals surface area contributed by atoms with Gasteiger partial charge in [-0.1, -0.05) is 13.8 Å². The summed E-state index contributed by atoms with van der Waals surface area (Å²) in [5.74, 6) is 0.812. The second-order valence-corrected chi connectivity index (χ2v) is 4.34. The van der Waals surface area contributed by atoms with Crippen LogP contribution < -0.4 is 5.32 Å². The molecule has 76 valence electrons. The minimum absolute atomic E-state index is 0.0939. The number of nitrogens with one attached hydrogen (secondary N) is 1. The van der Waals surface area contributed by atoms with E-state index in [1.54, 1.807) is 6.92 Å². The van der Waals surface area contributed by atoms with E-state index in [0.29, 0.717) is 6.04 Å². The Bertz CT molecular complexity index is 180. The molecule has 1 rings (SSSR count). The van der Waals surface area contributed by atoms with E-state index in [-0.39, 0.29) is 5.91 Å². The molecule has 1 N–H and O–H groups in total. The molecule has 3 heteroatoms. The summed E-state index contributed by atoms with van der Waals surface area (Å²) in [5, 5.41) is 2.96. The zero-order chi connectivity index (χ0) is 9.84. The second kappa shape index (κ2) is 4.61. The molecule has 0 bridgehead atoms. The van der Waals surface area contributed by atoms with Gasteiger partial charge in [0.2, 0.25) is 5.91 Å². The third-order valence-corrected chi connectivity index (χ3v) is 2.30. The summed E-state index contributed by atoms with van der Waals surface area (Å²) in [6.45, 7) is 9.35. The fourth-order valence-electron chi connectivity index (χ4n) is 1.92. The van der Waals surface area contributed by atoms with Crippen molar-refractivity contribution in [1.82, 2.24) is 10.2 Å². The van der Waals surface area contributed by atoms with Gasteiger partial charge in [-0.25, -0.2) is 0 Å². The first-order valence-corrected chi connectivity index (χ1v) is 5.07. The molecule has 1 aliphatic heterocycles. The highest BCUT2D eigenvalue weighted by Crippen LogP contribution is 2.10. The van der Waals surface area contributed by atoms with Crippen LogP contribution in [0.4, 0.5) is 0 Å². The van der Waals surface area contributed by atoms with E-state index < -0.39 is 0 Å². The molecule has 0 unspecified atom stereocenters. The Morgan fingerprint density at radius 1 is 1.62 bits per heavy atom. The van der Waals surface area contributed by atoms with Gasteiger partial charge in [0.15, 0.2) is 0 Å². The van der Waals surface area contributed by atoms with Gasteiger partial charge in [0, 0.05) is 32.6 Å². The van der Waals surface area contributed by atoms with Crippen LogP contribution in [-0.4, -0.2) is 36.5 Å². The lowest BCUT2D eigenvalue weighted by Gasteiger charge is -2.18. The average molecular weight is 184 g/mol. The summed E-state index contributed by atoms with van der Waals surface area (Å²) < 4.78 is 0. The van der Waals surface area contributed by atoms with Crippen LogP contribution in [0.15, 0.2) is 0 Å². The first-order valence-electron chi connectivity index (χ1n) is 5.07. The fraction of sp³-hybridized carbons (Fsp3) is 0.900. The molecule has 0 aromatic carbocycles. The van der Waals surface area contributed by atoms with Crippen LogP contribution in [0.5, 0.6) is 0 Å². The van der Waals surface area contributed by atoms with Gasteiger partial charge in [-0.15, -0.1) is 0 Å². The van der Waals surface area contributed by atoms with Crippen LogP contribution in [-0.2, 0) is 4.79 Å². The Morgan fingerprint density at radius 3 is 2.85 bits per heavy atom. The maximum Gasteiger partial charge on any atom is 0.217 e. The molecule has 3 nitrogen and oxygen atoms in total. The Labute approximate surface area is 80.5 Å². The summed E-state index contributed by atoms with van der Waals surface area (Å²) in [7, 11) is 0. The normalized spacial score (nSPS) is 23.8. The summed E-state index contributed by atoms with van der Waals surface area (Å²) in [6, 6.07) is 0.385. The molecule has 0 spiro atoms. The number of rotatable bonds is 3. The van der Waals surface area contributed by atoms with Crippen LogP contribution in [0.1, 0.15) is 27.2 Å². The molecule has 0 radical (unpaired) electrons. The van der Waals surface area contributed by atoms with Crippen LogP contribution in [0.25, 0.3) is 0 Å². The number of hydrogen-bond donors (Lipinski definition) is 1. The SMILES string of the molecule is CC(=O)N[C@H]1CCN(CC(C)C)C1. The quantitative estimate of drug-likeness (QED) is 0.705. The third-order valence-electron chi connectivity index (χ3n) is 2.30. The topological polar surface area (TPSA) is 32.3 Å². The predicted molar refractivity (Wildman–Crippen MR) is 53.5 cm³/mol. The number of nitrogens with zero attached hydrogens (tertiary/aromatic N) is 1. The molecule has 1 fully saturated rings. The predicted octanol–water partition coefficient (Wildman–Crippen LogP) is 0.853. The highest BCUT2D eigenvalue weighted by atomic mass is 16.1. The highest BCUT2D eigenvalue weighted by molar-refractivity contribution is 5.73. The van der Waals surface area contributed by atoms with Crippen molar-refractivity contribution in [2.24, 2.45) is 5.92 Å². The lowest BCUT2D eigenvalue weighted by Crippen LogP contribution is -2.36. The van der Waals surface area contributed by atoms with Crippen molar-refractivity contribution in [2.45, 2.75) is 33.2 Å². The molecule has 0 aliphatic carbocycles. The van der Waals surface area contributed by atoms with E-state index in [1.807, 2.05) is 0 Å².